The normalized spacial score (nSPS) is 28.3. The van der Waals surface area contributed by atoms with Gasteiger partial charge in [-0.3, -0.25) is 4.79 Å². The Hall–Kier alpha value is -1.51. The molecule has 11 heteroatoms. The van der Waals surface area contributed by atoms with E-state index in [0.717, 1.165) is 0 Å². The molecule has 0 amide bonds. The third-order valence-corrected chi connectivity index (χ3v) is 5.95. The SMILES string of the molecule is CC1(C)OC2C(O1)[C@@H](CN=[N+]=[N-])O[C@H]2n1c(Cl)c(C=O)c2cc(Cl)c(Cl)cc21. The second-order valence-corrected chi connectivity index (χ2v) is 8.19. The maximum atomic E-state index is 11.7. The Bertz CT molecular complexity index is 1020. The number of nitrogens with zero attached hydrogens (tertiary/aromatic N) is 4. The molecule has 8 nitrogen and oxygen atoms in total. The zero-order valence-electron chi connectivity index (χ0n) is 14.8. The van der Waals surface area contributed by atoms with Crippen LogP contribution in [0.15, 0.2) is 17.2 Å². The van der Waals surface area contributed by atoms with Crippen LogP contribution in [0.3, 0.4) is 0 Å². The fourth-order valence-electron chi connectivity index (χ4n) is 3.79. The Balaban J connectivity index is 1.87. The van der Waals surface area contributed by atoms with Gasteiger partial charge < -0.3 is 18.8 Å². The third-order valence-electron chi connectivity index (χ3n) is 4.84. The van der Waals surface area contributed by atoms with Gasteiger partial charge in [0.15, 0.2) is 18.3 Å². The molecule has 3 heterocycles. The number of hydrogen-bond acceptors (Lipinski definition) is 5. The lowest BCUT2D eigenvalue weighted by molar-refractivity contribution is -0.194. The number of hydrogen-bond donors (Lipinski definition) is 0. The van der Waals surface area contributed by atoms with Crippen molar-refractivity contribution in [3.05, 3.63) is 43.3 Å². The van der Waals surface area contributed by atoms with Crippen LogP contribution in [0.4, 0.5) is 0 Å². The van der Waals surface area contributed by atoms with E-state index in [2.05, 4.69) is 10.0 Å². The Morgan fingerprint density at radius 3 is 2.61 bits per heavy atom. The third kappa shape index (κ3) is 3.06. The molecule has 2 unspecified atom stereocenters. The highest BCUT2D eigenvalue weighted by Crippen LogP contribution is 2.47. The van der Waals surface area contributed by atoms with E-state index in [1.165, 1.54) is 0 Å². The maximum Gasteiger partial charge on any atom is 0.164 e. The van der Waals surface area contributed by atoms with Crippen molar-refractivity contribution in [1.29, 1.82) is 0 Å². The Morgan fingerprint density at radius 1 is 1.25 bits per heavy atom. The van der Waals surface area contributed by atoms with Gasteiger partial charge in [0.2, 0.25) is 0 Å². The molecule has 2 aliphatic heterocycles. The smallest absolute Gasteiger partial charge is 0.164 e. The standard InChI is InChI=1S/C17H15Cl3N4O4/c1-17(2)27-13-12(5-22-23-21)26-16(14(13)28-17)24-11-4-10(19)9(18)3-7(11)8(6-25)15(24)20/h3-4,6,12-14,16H,5H2,1-2H3/t12-,13?,14?,16-/m1/s1. The van der Waals surface area contributed by atoms with Gasteiger partial charge in [-0.1, -0.05) is 39.9 Å². The lowest BCUT2D eigenvalue weighted by Gasteiger charge is -2.25. The van der Waals surface area contributed by atoms with E-state index in [1.807, 2.05) is 0 Å². The minimum atomic E-state index is -0.851. The summed E-state index contributed by atoms with van der Waals surface area (Å²) in [5, 5.41) is 4.94. The average molecular weight is 446 g/mol. The molecular weight excluding hydrogens is 431 g/mol. The summed E-state index contributed by atoms with van der Waals surface area (Å²) < 4.78 is 19.7. The Labute approximate surface area is 174 Å². The first kappa shape index (κ1) is 19.8. The van der Waals surface area contributed by atoms with E-state index >= 15 is 0 Å². The number of fused-ring (bicyclic) bond motifs is 2. The number of aldehydes is 1. The molecule has 4 atom stereocenters. The second kappa shape index (κ2) is 7.07. The molecule has 148 valence electrons. The number of carbonyl (C=O) groups excluding carboxylic acids is 1. The largest absolute Gasteiger partial charge is 0.349 e. The molecule has 0 N–H and O–H groups in total. The molecular formula is C17H15Cl3N4O4. The summed E-state index contributed by atoms with van der Waals surface area (Å²) >= 11 is 18.9. The predicted molar refractivity (Wildman–Crippen MR) is 104 cm³/mol. The van der Waals surface area contributed by atoms with E-state index in [-0.39, 0.29) is 17.3 Å². The molecule has 4 rings (SSSR count). The zero-order valence-corrected chi connectivity index (χ0v) is 17.1. The van der Waals surface area contributed by atoms with Gasteiger partial charge >= 0.3 is 0 Å². The first-order valence-electron chi connectivity index (χ1n) is 8.43. The molecule has 0 radical (unpaired) electrons. The minimum Gasteiger partial charge on any atom is -0.349 e. The summed E-state index contributed by atoms with van der Waals surface area (Å²) in [5.74, 6) is -0.851. The second-order valence-electron chi connectivity index (χ2n) is 7.02. The van der Waals surface area contributed by atoms with Crippen molar-refractivity contribution in [2.24, 2.45) is 5.11 Å². The fraction of sp³-hybridized carbons (Fsp3) is 0.471. The lowest BCUT2D eigenvalue weighted by atomic mass is 10.1. The molecule has 2 saturated heterocycles. The average Bonchev–Trinajstić information content (AvgIpc) is 3.20. The molecule has 0 bridgehead atoms. The number of carbonyl (C=O) groups is 1. The quantitative estimate of drug-likeness (QED) is 0.281. The van der Waals surface area contributed by atoms with Crippen molar-refractivity contribution in [2.45, 2.75) is 44.2 Å². The maximum absolute atomic E-state index is 11.7. The van der Waals surface area contributed by atoms with Crippen LogP contribution >= 0.6 is 34.8 Å². The summed E-state index contributed by atoms with van der Waals surface area (Å²) in [6.07, 6.45) is -1.60. The van der Waals surface area contributed by atoms with Gasteiger partial charge in [-0.2, -0.15) is 0 Å². The van der Waals surface area contributed by atoms with Crippen LogP contribution in [0.1, 0.15) is 30.4 Å². The molecule has 28 heavy (non-hydrogen) atoms. The van der Waals surface area contributed by atoms with E-state index in [4.69, 9.17) is 54.5 Å². The van der Waals surface area contributed by atoms with E-state index < -0.39 is 30.3 Å². The number of halogens is 3. The summed E-state index contributed by atoms with van der Waals surface area (Å²) in [5.41, 5.74) is 9.51. The molecule has 2 aromatic rings. The summed E-state index contributed by atoms with van der Waals surface area (Å²) in [6, 6.07) is 3.21. The van der Waals surface area contributed by atoms with Crippen molar-refractivity contribution >= 4 is 52.0 Å². The Kier molecular flexibility index (Phi) is 5.00. The van der Waals surface area contributed by atoms with Crippen molar-refractivity contribution in [1.82, 2.24) is 4.57 Å². The van der Waals surface area contributed by atoms with Gasteiger partial charge in [0, 0.05) is 10.3 Å². The van der Waals surface area contributed by atoms with Crippen molar-refractivity contribution < 1.29 is 19.0 Å². The lowest BCUT2D eigenvalue weighted by Crippen LogP contribution is -2.31. The van der Waals surface area contributed by atoms with Gasteiger partial charge in [0.05, 0.1) is 33.8 Å². The van der Waals surface area contributed by atoms with E-state index in [1.54, 1.807) is 30.5 Å². The van der Waals surface area contributed by atoms with E-state index in [0.29, 0.717) is 27.2 Å². The van der Waals surface area contributed by atoms with Crippen molar-refractivity contribution in [3.8, 4) is 0 Å². The van der Waals surface area contributed by atoms with Gasteiger partial charge in [-0.15, -0.1) is 0 Å². The van der Waals surface area contributed by atoms with Gasteiger partial charge in [-0.05, 0) is 31.5 Å². The topological polar surface area (TPSA) is 98.4 Å². The highest BCUT2D eigenvalue weighted by atomic mass is 35.5. The summed E-state index contributed by atoms with van der Waals surface area (Å²) in [4.78, 5) is 14.5. The minimum absolute atomic E-state index is 0.0670. The predicted octanol–water partition coefficient (Wildman–Crippen LogP) is 5.14. The number of rotatable bonds is 4. The Morgan fingerprint density at radius 2 is 1.93 bits per heavy atom. The monoisotopic (exact) mass is 444 g/mol. The number of azide groups is 1. The van der Waals surface area contributed by atoms with Crippen LogP contribution in [-0.4, -0.2) is 41.5 Å². The molecule has 2 fully saturated rings. The van der Waals surface area contributed by atoms with Gasteiger partial charge in [0.1, 0.15) is 17.4 Å². The molecule has 2 aliphatic rings. The van der Waals surface area contributed by atoms with Crippen molar-refractivity contribution in [2.75, 3.05) is 6.54 Å². The van der Waals surface area contributed by atoms with E-state index in [9.17, 15) is 4.79 Å². The fourth-order valence-corrected chi connectivity index (χ4v) is 4.44. The van der Waals surface area contributed by atoms with Crippen LogP contribution < -0.4 is 0 Å². The summed E-state index contributed by atoms with van der Waals surface area (Å²) in [7, 11) is 0. The first-order valence-corrected chi connectivity index (χ1v) is 9.56. The van der Waals surface area contributed by atoms with Crippen LogP contribution in [-0.2, 0) is 14.2 Å². The van der Waals surface area contributed by atoms with Crippen molar-refractivity contribution in [3.63, 3.8) is 0 Å². The van der Waals surface area contributed by atoms with Gasteiger partial charge in [-0.25, -0.2) is 0 Å². The summed E-state index contributed by atoms with van der Waals surface area (Å²) in [6.45, 7) is 3.64. The number of benzene rings is 1. The zero-order chi connectivity index (χ0) is 20.2. The molecule has 0 spiro atoms. The first-order chi connectivity index (χ1) is 13.3. The van der Waals surface area contributed by atoms with Crippen LogP contribution in [0.5, 0.6) is 0 Å². The molecule has 0 aliphatic carbocycles. The van der Waals surface area contributed by atoms with Crippen LogP contribution in [0.25, 0.3) is 21.3 Å². The number of ether oxygens (including phenoxy) is 3. The van der Waals surface area contributed by atoms with Gasteiger partial charge in [0.25, 0.3) is 0 Å². The molecule has 1 aromatic carbocycles. The van der Waals surface area contributed by atoms with Crippen LogP contribution in [0.2, 0.25) is 15.2 Å². The molecule has 0 saturated carbocycles. The number of aromatic nitrogens is 1. The highest BCUT2D eigenvalue weighted by Gasteiger charge is 2.56. The van der Waals surface area contributed by atoms with Crippen LogP contribution in [0, 0.1) is 0 Å². The highest BCUT2D eigenvalue weighted by molar-refractivity contribution is 6.43. The molecule has 1 aromatic heterocycles.